The van der Waals surface area contributed by atoms with Crippen LogP contribution in [-0.4, -0.2) is 34.2 Å². The summed E-state index contributed by atoms with van der Waals surface area (Å²) in [5.74, 6) is -0.145. The van der Waals surface area contributed by atoms with Gasteiger partial charge in [0, 0.05) is 5.56 Å². The Morgan fingerprint density at radius 1 is 0.975 bits per heavy atom. The molecule has 0 fully saturated rings. The predicted molar refractivity (Wildman–Crippen MR) is 148 cm³/mol. The summed E-state index contributed by atoms with van der Waals surface area (Å²) in [6.07, 6.45) is -0.0766. The van der Waals surface area contributed by atoms with Crippen LogP contribution in [0, 0.1) is 0 Å². The molecule has 0 spiro atoms. The fourth-order valence-electron chi connectivity index (χ4n) is 4.26. The molecule has 1 aliphatic heterocycles. The number of fused-ring (bicyclic) bond motifs is 1. The van der Waals surface area contributed by atoms with E-state index in [9.17, 15) is 18.0 Å². The third kappa shape index (κ3) is 6.39. The van der Waals surface area contributed by atoms with Crippen LogP contribution < -0.4 is 18.9 Å². The predicted octanol–water partition coefficient (Wildman–Crippen LogP) is 5.08. The van der Waals surface area contributed by atoms with Crippen molar-refractivity contribution in [3.8, 4) is 17.2 Å². The second kappa shape index (κ2) is 11.6. The summed E-state index contributed by atoms with van der Waals surface area (Å²) in [6, 6.07) is 16.0. The molecule has 3 aromatic rings. The molecule has 10 heteroatoms. The number of sulfonamides is 1. The molecule has 4 rings (SSSR count). The molecule has 0 saturated carbocycles. The highest BCUT2D eigenvalue weighted by Gasteiger charge is 2.30. The van der Waals surface area contributed by atoms with Crippen molar-refractivity contribution in [1.82, 2.24) is 4.72 Å². The van der Waals surface area contributed by atoms with Crippen LogP contribution in [0.4, 0.5) is 0 Å². The van der Waals surface area contributed by atoms with Gasteiger partial charge in [0.2, 0.25) is 12.9 Å². The van der Waals surface area contributed by atoms with Gasteiger partial charge in [-0.2, -0.15) is 0 Å². The van der Waals surface area contributed by atoms with Crippen LogP contribution in [0.25, 0.3) is 0 Å². The van der Waals surface area contributed by atoms with Crippen molar-refractivity contribution >= 4 is 21.9 Å². The molecular formula is C30H33NO8S. The van der Waals surface area contributed by atoms with Crippen LogP contribution in [-0.2, 0) is 31.4 Å². The Morgan fingerprint density at radius 2 is 1.68 bits per heavy atom. The Labute approximate surface area is 234 Å². The summed E-state index contributed by atoms with van der Waals surface area (Å²) in [7, 11) is -2.92. The van der Waals surface area contributed by atoms with Crippen LogP contribution in [0.2, 0.25) is 0 Å². The average Bonchev–Trinajstić information content (AvgIpc) is 3.39. The molecule has 3 aromatic carbocycles. The number of ether oxygens (including phenoxy) is 4. The highest BCUT2D eigenvalue weighted by atomic mass is 32.2. The highest BCUT2D eigenvalue weighted by molar-refractivity contribution is 7.90. The van der Waals surface area contributed by atoms with E-state index in [4.69, 9.17) is 18.9 Å². The lowest BCUT2D eigenvalue weighted by atomic mass is 9.87. The lowest BCUT2D eigenvalue weighted by Gasteiger charge is -2.22. The van der Waals surface area contributed by atoms with E-state index in [1.165, 1.54) is 25.3 Å². The average molecular weight is 568 g/mol. The van der Waals surface area contributed by atoms with E-state index in [2.05, 4.69) is 4.72 Å². The smallest absolute Gasteiger partial charge is 0.337 e. The second-order valence-corrected chi connectivity index (χ2v) is 12.1. The summed E-state index contributed by atoms with van der Waals surface area (Å²) in [5, 5.41) is 0. The van der Waals surface area contributed by atoms with Crippen LogP contribution in [0.1, 0.15) is 67.3 Å². The Morgan fingerprint density at radius 3 is 2.33 bits per heavy atom. The zero-order valence-electron chi connectivity index (χ0n) is 23.1. The fourth-order valence-corrected chi connectivity index (χ4v) is 5.24. The molecule has 1 N–H and O–H groups in total. The van der Waals surface area contributed by atoms with Crippen molar-refractivity contribution in [2.24, 2.45) is 0 Å². The molecule has 1 amide bonds. The normalized spacial score (nSPS) is 13.4. The maximum atomic E-state index is 13.6. The SMILES string of the molecule is CCCc1cc(C(=O)OC)ccc1OC(C(=O)NS(=O)(=O)c1ccc(C(C)(C)C)cc1)c1ccc2c(c1)OCO2. The van der Waals surface area contributed by atoms with Gasteiger partial charge in [0.25, 0.3) is 15.9 Å². The van der Waals surface area contributed by atoms with Crippen molar-refractivity contribution in [2.45, 2.75) is 57.0 Å². The first-order chi connectivity index (χ1) is 18.9. The van der Waals surface area contributed by atoms with Gasteiger partial charge in [0.1, 0.15) is 5.75 Å². The molecule has 0 bridgehead atoms. The molecule has 0 aromatic heterocycles. The van der Waals surface area contributed by atoms with Gasteiger partial charge in [-0.05, 0) is 65.4 Å². The molecule has 212 valence electrons. The summed E-state index contributed by atoms with van der Waals surface area (Å²) >= 11 is 0. The van der Waals surface area contributed by atoms with Gasteiger partial charge >= 0.3 is 5.97 Å². The Balaban J connectivity index is 1.69. The summed E-state index contributed by atoms with van der Waals surface area (Å²) in [6.45, 7) is 8.07. The van der Waals surface area contributed by atoms with E-state index in [1.54, 1.807) is 42.5 Å². The van der Waals surface area contributed by atoms with E-state index >= 15 is 0 Å². The van der Waals surface area contributed by atoms with Crippen LogP contribution >= 0.6 is 0 Å². The Kier molecular flexibility index (Phi) is 8.39. The first-order valence-corrected chi connectivity index (χ1v) is 14.4. The number of benzene rings is 3. The zero-order valence-corrected chi connectivity index (χ0v) is 24.0. The quantitative estimate of drug-likeness (QED) is 0.356. The number of carbonyl (C=O) groups is 2. The van der Waals surface area contributed by atoms with E-state index in [1.807, 2.05) is 27.7 Å². The standard InChI is InChI=1S/C30H33NO8S/c1-6-7-19-16-21(29(33)36-5)9-14-24(19)39-27(20-8-15-25-26(17-20)38-18-37-25)28(32)31-40(34,35)23-12-10-22(11-13-23)30(2,3)4/h8-17,27H,6-7,18H2,1-5H3,(H,31,32). The van der Waals surface area contributed by atoms with Crippen molar-refractivity contribution in [2.75, 3.05) is 13.9 Å². The molecule has 1 heterocycles. The zero-order chi connectivity index (χ0) is 29.1. The monoisotopic (exact) mass is 567 g/mol. The second-order valence-electron chi connectivity index (χ2n) is 10.4. The third-order valence-corrected chi connectivity index (χ3v) is 7.81. The van der Waals surface area contributed by atoms with Gasteiger partial charge in [-0.3, -0.25) is 4.79 Å². The number of hydrogen-bond donors (Lipinski definition) is 1. The number of amides is 1. The number of carbonyl (C=O) groups excluding carboxylic acids is 2. The maximum absolute atomic E-state index is 13.6. The van der Waals surface area contributed by atoms with Crippen molar-refractivity contribution in [3.05, 3.63) is 82.9 Å². The number of esters is 1. The first kappa shape index (κ1) is 28.9. The lowest BCUT2D eigenvalue weighted by molar-refractivity contribution is -0.126. The molecule has 0 aliphatic carbocycles. The first-order valence-electron chi connectivity index (χ1n) is 12.9. The van der Waals surface area contributed by atoms with Gasteiger partial charge in [-0.15, -0.1) is 0 Å². The van der Waals surface area contributed by atoms with Crippen LogP contribution in [0.15, 0.2) is 65.6 Å². The summed E-state index contributed by atoms with van der Waals surface area (Å²) in [4.78, 5) is 25.6. The van der Waals surface area contributed by atoms with Crippen molar-refractivity contribution in [1.29, 1.82) is 0 Å². The van der Waals surface area contributed by atoms with Gasteiger partial charge < -0.3 is 18.9 Å². The molecule has 40 heavy (non-hydrogen) atoms. The van der Waals surface area contributed by atoms with Gasteiger partial charge in [-0.25, -0.2) is 17.9 Å². The third-order valence-electron chi connectivity index (χ3n) is 6.45. The fraction of sp³-hybridized carbons (Fsp3) is 0.333. The van der Waals surface area contributed by atoms with Gasteiger partial charge in [-0.1, -0.05) is 52.3 Å². The van der Waals surface area contributed by atoms with Crippen LogP contribution in [0.3, 0.4) is 0 Å². The number of aryl methyl sites for hydroxylation is 1. The lowest BCUT2D eigenvalue weighted by Crippen LogP contribution is -2.37. The van der Waals surface area contributed by atoms with E-state index < -0.39 is 28.0 Å². The molecule has 0 radical (unpaired) electrons. The topological polar surface area (TPSA) is 117 Å². The van der Waals surface area contributed by atoms with Crippen molar-refractivity contribution < 1.29 is 37.0 Å². The Hall–Kier alpha value is -4.05. The number of hydrogen-bond acceptors (Lipinski definition) is 8. The van der Waals surface area contributed by atoms with Gasteiger partial charge in [0.05, 0.1) is 17.6 Å². The minimum absolute atomic E-state index is 0.0328. The molecule has 9 nitrogen and oxygen atoms in total. The van der Waals surface area contributed by atoms with E-state index in [0.29, 0.717) is 40.4 Å². The molecule has 1 aliphatic rings. The largest absolute Gasteiger partial charge is 0.475 e. The Bertz CT molecular complexity index is 1510. The van der Waals surface area contributed by atoms with Gasteiger partial charge in [0.15, 0.2) is 11.5 Å². The summed E-state index contributed by atoms with van der Waals surface area (Å²) in [5.41, 5.74) is 2.16. The van der Waals surface area contributed by atoms with E-state index in [0.717, 1.165) is 12.0 Å². The summed E-state index contributed by atoms with van der Waals surface area (Å²) < 4.78 is 50.5. The minimum atomic E-state index is -4.22. The number of rotatable bonds is 9. The van der Waals surface area contributed by atoms with E-state index in [-0.39, 0.29) is 17.1 Å². The highest BCUT2D eigenvalue weighted by Crippen LogP contribution is 2.36. The molecule has 1 unspecified atom stereocenters. The molecular weight excluding hydrogens is 534 g/mol. The van der Waals surface area contributed by atoms with Crippen LogP contribution in [0.5, 0.6) is 17.2 Å². The molecule has 0 saturated heterocycles. The molecule has 1 atom stereocenters. The number of nitrogens with one attached hydrogen (secondary N) is 1. The maximum Gasteiger partial charge on any atom is 0.337 e. The minimum Gasteiger partial charge on any atom is -0.475 e. The number of methoxy groups -OCH3 is 1. The van der Waals surface area contributed by atoms with Crippen molar-refractivity contribution in [3.63, 3.8) is 0 Å².